The molecule has 6 heteroatoms. The van der Waals surface area contributed by atoms with E-state index in [-0.39, 0.29) is 18.5 Å². The minimum absolute atomic E-state index is 0.225. The van der Waals surface area contributed by atoms with Crippen molar-refractivity contribution in [2.45, 2.75) is 6.54 Å². The van der Waals surface area contributed by atoms with Crippen LogP contribution in [0.5, 0.6) is 0 Å². The molecule has 2 aromatic carbocycles. The molecule has 23 heavy (non-hydrogen) atoms. The van der Waals surface area contributed by atoms with Crippen LogP contribution in [0.2, 0.25) is 0 Å². The zero-order valence-corrected chi connectivity index (χ0v) is 12.3. The van der Waals surface area contributed by atoms with Crippen molar-refractivity contribution >= 4 is 29.0 Å². The predicted molar refractivity (Wildman–Crippen MR) is 82.3 cm³/mol. The van der Waals surface area contributed by atoms with Gasteiger partial charge in [-0.05, 0) is 29.8 Å². The number of benzene rings is 2. The Labute approximate surface area is 131 Å². The van der Waals surface area contributed by atoms with Crippen LogP contribution < -0.4 is 4.90 Å². The maximum absolute atomic E-state index is 12.6. The van der Waals surface area contributed by atoms with Gasteiger partial charge in [-0.25, -0.2) is 4.79 Å². The summed E-state index contributed by atoms with van der Waals surface area (Å²) in [5, 5.41) is 0. The molecule has 1 amide bonds. The SMILES string of the molecule is COC(=O)c1cccc2c1CN(c1nc3ccccc3o1)C2=O. The quantitative estimate of drug-likeness (QED) is 0.681. The van der Waals surface area contributed by atoms with Gasteiger partial charge in [0.2, 0.25) is 0 Å². The Hall–Kier alpha value is -3.15. The Kier molecular flexibility index (Phi) is 2.90. The van der Waals surface area contributed by atoms with E-state index in [0.717, 1.165) is 0 Å². The highest BCUT2D eigenvalue weighted by Crippen LogP contribution is 2.32. The van der Waals surface area contributed by atoms with E-state index >= 15 is 0 Å². The standard InChI is InChI=1S/C17H12N2O4/c1-22-16(21)11-6-4-5-10-12(11)9-19(15(10)20)17-18-13-7-2-3-8-14(13)23-17/h2-8H,9H2,1H3. The zero-order valence-electron chi connectivity index (χ0n) is 12.3. The van der Waals surface area contributed by atoms with E-state index < -0.39 is 5.97 Å². The van der Waals surface area contributed by atoms with Gasteiger partial charge in [0.1, 0.15) is 5.52 Å². The number of nitrogens with zero attached hydrogens (tertiary/aromatic N) is 2. The molecule has 6 nitrogen and oxygen atoms in total. The minimum Gasteiger partial charge on any atom is -0.465 e. The number of carbonyl (C=O) groups excluding carboxylic acids is 2. The van der Waals surface area contributed by atoms with Crippen LogP contribution in [0.1, 0.15) is 26.3 Å². The first-order valence-electron chi connectivity index (χ1n) is 7.06. The number of para-hydroxylation sites is 2. The summed E-state index contributed by atoms with van der Waals surface area (Å²) in [4.78, 5) is 30.3. The van der Waals surface area contributed by atoms with Crippen LogP contribution in [0.3, 0.4) is 0 Å². The molecule has 1 aliphatic heterocycles. The molecular weight excluding hydrogens is 296 g/mol. The van der Waals surface area contributed by atoms with Crippen molar-refractivity contribution in [1.29, 1.82) is 0 Å². The van der Waals surface area contributed by atoms with Crippen molar-refractivity contribution in [3.63, 3.8) is 0 Å². The first-order valence-corrected chi connectivity index (χ1v) is 7.06. The van der Waals surface area contributed by atoms with E-state index in [0.29, 0.717) is 27.8 Å². The Morgan fingerprint density at radius 1 is 1.22 bits per heavy atom. The largest absolute Gasteiger partial charge is 0.465 e. The van der Waals surface area contributed by atoms with Crippen molar-refractivity contribution in [2.75, 3.05) is 12.0 Å². The summed E-state index contributed by atoms with van der Waals surface area (Å²) in [7, 11) is 1.32. The maximum atomic E-state index is 12.6. The summed E-state index contributed by atoms with van der Waals surface area (Å²) in [6, 6.07) is 12.5. The molecule has 4 rings (SSSR count). The molecule has 0 aliphatic carbocycles. The molecule has 114 valence electrons. The number of carbonyl (C=O) groups is 2. The minimum atomic E-state index is -0.464. The molecule has 1 aromatic heterocycles. The Bertz CT molecular complexity index is 912. The monoisotopic (exact) mass is 308 g/mol. The van der Waals surface area contributed by atoms with Crippen molar-refractivity contribution in [1.82, 2.24) is 4.98 Å². The van der Waals surface area contributed by atoms with E-state index in [1.165, 1.54) is 12.0 Å². The van der Waals surface area contributed by atoms with Crippen LogP contribution >= 0.6 is 0 Å². The summed E-state index contributed by atoms with van der Waals surface area (Å²) < 4.78 is 10.4. The number of ether oxygens (including phenoxy) is 1. The van der Waals surface area contributed by atoms with E-state index in [9.17, 15) is 9.59 Å². The number of amides is 1. The highest BCUT2D eigenvalue weighted by Gasteiger charge is 2.34. The number of anilines is 1. The van der Waals surface area contributed by atoms with Crippen molar-refractivity contribution in [3.05, 3.63) is 59.2 Å². The van der Waals surface area contributed by atoms with Gasteiger partial charge >= 0.3 is 12.0 Å². The molecular formula is C17H12N2O4. The first kappa shape index (κ1) is 13.5. The lowest BCUT2D eigenvalue weighted by atomic mass is 10.0. The summed E-state index contributed by atoms with van der Waals surface area (Å²) in [6.45, 7) is 0.228. The fraction of sp³-hybridized carbons (Fsp3) is 0.118. The average molecular weight is 308 g/mol. The molecule has 0 spiro atoms. The molecule has 1 aliphatic rings. The second-order valence-corrected chi connectivity index (χ2v) is 5.18. The lowest BCUT2D eigenvalue weighted by Crippen LogP contribution is -2.23. The summed E-state index contributed by atoms with van der Waals surface area (Å²) >= 11 is 0. The topological polar surface area (TPSA) is 72.6 Å². The lowest BCUT2D eigenvalue weighted by Gasteiger charge is -2.09. The molecule has 2 heterocycles. The van der Waals surface area contributed by atoms with Crippen LogP contribution in [-0.2, 0) is 11.3 Å². The third-order valence-corrected chi connectivity index (χ3v) is 3.89. The molecule has 0 bridgehead atoms. The van der Waals surface area contributed by atoms with Crippen LogP contribution in [0, 0.1) is 0 Å². The normalized spacial score (nSPS) is 13.4. The van der Waals surface area contributed by atoms with Crippen LogP contribution in [-0.4, -0.2) is 24.0 Å². The van der Waals surface area contributed by atoms with Gasteiger partial charge in [-0.1, -0.05) is 18.2 Å². The second kappa shape index (κ2) is 4.95. The van der Waals surface area contributed by atoms with Gasteiger partial charge in [0, 0.05) is 5.56 Å². The summed E-state index contributed by atoms with van der Waals surface area (Å²) in [6.07, 6.45) is 0. The second-order valence-electron chi connectivity index (χ2n) is 5.18. The number of hydrogen-bond donors (Lipinski definition) is 0. The Balaban J connectivity index is 1.78. The molecule has 0 radical (unpaired) electrons. The van der Waals surface area contributed by atoms with Crippen molar-refractivity contribution < 1.29 is 18.7 Å². The number of aromatic nitrogens is 1. The third-order valence-electron chi connectivity index (χ3n) is 3.89. The number of esters is 1. The Morgan fingerprint density at radius 3 is 2.83 bits per heavy atom. The zero-order chi connectivity index (χ0) is 16.0. The van der Waals surface area contributed by atoms with Gasteiger partial charge in [0.25, 0.3) is 5.91 Å². The molecule has 0 atom stereocenters. The smallest absolute Gasteiger partial charge is 0.338 e. The van der Waals surface area contributed by atoms with Gasteiger partial charge in [-0.2, -0.15) is 4.98 Å². The van der Waals surface area contributed by atoms with Crippen LogP contribution in [0.15, 0.2) is 46.9 Å². The van der Waals surface area contributed by atoms with E-state index in [2.05, 4.69) is 4.98 Å². The highest BCUT2D eigenvalue weighted by molar-refractivity contribution is 6.11. The number of rotatable bonds is 2. The highest BCUT2D eigenvalue weighted by atomic mass is 16.5. The van der Waals surface area contributed by atoms with E-state index in [1.54, 1.807) is 24.3 Å². The predicted octanol–water partition coefficient (Wildman–Crippen LogP) is 2.77. The number of methoxy groups -OCH3 is 1. The summed E-state index contributed by atoms with van der Waals surface area (Å²) in [5.41, 5.74) is 2.78. The molecule has 0 saturated carbocycles. The van der Waals surface area contributed by atoms with E-state index in [4.69, 9.17) is 9.15 Å². The molecule has 3 aromatic rings. The van der Waals surface area contributed by atoms with Crippen LogP contribution in [0.25, 0.3) is 11.1 Å². The van der Waals surface area contributed by atoms with Crippen LogP contribution in [0.4, 0.5) is 6.01 Å². The Morgan fingerprint density at radius 2 is 2.04 bits per heavy atom. The van der Waals surface area contributed by atoms with Gasteiger partial charge < -0.3 is 9.15 Å². The molecule has 0 unspecified atom stereocenters. The number of fused-ring (bicyclic) bond motifs is 2. The average Bonchev–Trinajstić information content (AvgIpc) is 3.15. The molecule has 0 saturated heterocycles. The van der Waals surface area contributed by atoms with Gasteiger partial charge in [0.05, 0.1) is 19.2 Å². The summed E-state index contributed by atoms with van der Waals surface area (Å²) in [5.74, 6) is -0.702. The number of oxazole rings is 1. The number of hydrogen-bond acceptors (Lipinski definition) is 5. The van der Waals surface area contributed by atoms with Gasteiger partial charge in [-0.15, -0.1) is 0 Å². The van der Waals surface area contributed by atoms with Crippen molar-refractivity contribution in [2.24, 2.45) is 0 Å². The van der Waals surface area contributed by atoms with Gasteiger partial charge in [-0.3, -0.25) is 9.69 Å². The van der Waals surface area contributed by atoms with Crippen molar-refractivity contribution in [3.8, 4) is 0 Å². The molecule has 0 fully saturated rings. The lowest BCUT2D eigenvalue weighted by molar-refractivity contribution is 0.0599. The molecule has 0 N–H and O–H groups in total. The van der Waals surface area contributed by atoms with Gasteiger partial charge in [0.15, 0.2) is 5.58 Å². The maximum Gasteiger partial charge on any atom is 0.338 e. The third kappa shape index (κ3) is 1.99. The van der Waals surface area contributed by atoms with E-state index in [1.807, 2.05) is 18.2 Å². The fourth-order valence-electron chi connectivity index (χ4n) is 2.76. The fourth-order valence-corrected chi connectivity index (χ4v) is 2.76. The first-order chi connectivity index (χ1) is 11.2.